The van der Waals surface area contributed by atoms with Crippen LogP contribution in [0.3, 0.4) is 0 Å². The third-order valence-corrected chi connectivity index (χ3v) is 4.04. The number of amides is 1. The van der Waals surface area contributed by atoms with E-state index in [2.05, 4.69) is 0 Å². The van der Waals surface area contributed by atoms with E-state index in [1.165, 1.54) is 18.4 Å². The van der Waals surface area contributed by atoms with Gasteiger partial charge in [-0.15, -0.1) is 0 Å². The molecular formula is C17H16FNO4. The van der Waals surface area contributed by atoms with Gasteiger partial charge in [-0.2, -0.15) is 0 Å². The maximum absolute atomic E-state index is 13.3. The van der Waals surface area contributed by atoms with Crippen molar-refractivity contribution in [1.82, 2.24) is 4.90 Å². The van der Waals surface area contributed by atoms with Crippen LogP contribution in [0.15, 0.2) is 28.9 Å². The van der Waals surface area contributed by atoms with Crippen molar-refractivity contribution >= 4 is 11.9 Å². The summed E-state index contributed by atoms with van der Waals surface area (Å²) in [6.07, 6.45) is 1.65. The van der Waals surface area contributed by atoms with Gasteiger partial charge in [0, 0.05) is 18.7 Å². The molecule has 3 rings (SSSR count). The highest BCUT2D eigenvalue weighted by Crippen LogP contribution is 2.25. The molecule has 0 radical (unpaired) electrons. The van der Waals surface area contributed by atoms with Gasteiger partial charge in [0.1, 0.15) is 18.0 Å². The van der Waals surface area contributed by atoms with E-state index < -0.39 is 5.97 Å². The maximum atomic E-state index is 13.3. The maximum Gasteiger partial charge on any atom is 0.311 e. The quantitative estimate of drug-likeness (QED) is 0.944. The van der Waals surface area contributed by atoms with Crippen LogP contribution in [0, 0.1) is 12.7 Å². The first-order valence-corrected chi connectivity index (χ1v) is 7.31. The molecule has 23 heavy (non-hydrogen) atoms. The van der Waals surface area contributed by atoms with Crippen LogP contribution in [0.4, 0.5) is 4.39 Å². The van der Waals surface area contributed by atoms with Crippen molar-refractivity contribution < 1.29 is 23.5 Å². The average molecular weight is 317 g/mol. The third-order valence-electron chi connectivity index (χ3n) is 4.04. The lowest BCUT2D eigenvalue weighted by atomic mass is 9.98. The molecule has 0 atom stereocenters. The Morgan fingerprint density at radius 3 is 2.87 bits per heavy atom. The first kappa shape index (κ1) is 15.3. The van der Waals surface area contributed by atoms with Crippen LogP contribution < -0.4 is 0 Å². The smallest absolute Gasteiger partial charge is 0.311 e. The standard InChI is InChI=1S/C17H16FNO4/c1-10-9-23-14(7-15(20)21)16(10)17(22)19-5-4-11-6-13(18)3-2-12(11)8-19/h2-3,6,9H,4-5,7-8H2,1H3,(H,20,21). The predicted octanol–water partition coefficient (Wildman–Crippen LogP) is 2.55. The second-order valence-corrected chi connectivity index (χ2v) is 5.68. The summed E-state index contributed by atoms with van der Waals surface area (Å²) in [5, 5.41) is 8.93. The summed E-state index contributed by atoms with van der Waals surface area (Å²) in [6, 6.07) is 4.56. The molecule has 2 heterocycles. The zero-order valence-corrected chi connectivity index (χ0v) is 12.6. The molecule has 2 aromatic rings. The van der Waals surface area contributed by atoms with Gasteiger partial charge in [0.2, 0.25) is 0 Å². The largest absolute Gasteiger partial charge is 0.481 e. The second-order valence-electron chi connectivity index (χ2n) is 5.68. The molecule has 0 fully saturated rings. The average Bonchev–Trinajstić information content (AvgIpc) is 2.86. The van der Waals surface area contributed by atoms with Crippen LogP contribution in [0.2, 0.25) is 0 Å². The summed E-state index contributed by atoms with van der Waals surface area (Å²) >= 11 is 0. The molecule has 1 N–H and O–H groups in total. The van der Waals surface area contributed by atoms with Gasteiger partial charge in [-0.1, -0.05) is 6.07 Å². The lowest BCUT2D eigenvalue weighted by Crippen LogP contribution is -2.36. The highest BCUT2D eigenvalue weighted by atomic mass is 19.1. The number of carboxylic acid groups (broad SMARTS) is 1. The number of furan rings is 1. The predicted molar refractivity (Wildman–Crippen MR) is 79.6 cm³/mol. The lowest BCUT2D eigenvalue weighted by Gasteiger charge is -2.29. The van der Waals surface area contributed by atoms with Crippen molar-refractivity contribution in [1.29, 1.82) is 0 Å². The van der Waals surface area contributed by atoms with E-state index in [1.54, 1.807) is 17.9 Å². The SMILES string of the molecule is Cc1coc(CC(=O)O)c1C(=O)N1CCc2cc(F)ccc2C1. The molecule has 1 aliphatic rings. The Morgan fingerprint density at radius 2 is 2.13 bits per heavy atom. The van der Waals surface area contributed by atoms with Gasteiger partial charge in [0.15, 0.2) is 0 Å². The number of carbonyl (C=O) groups excluding carboxylic acids is 1. The fraction of sp³-hybridized carbons (Fsp3) is 0.294. The van der Waals surface area contributed by atoms with E-state index in [-0.39, 0.29) is 23.9 Å². The fourth-order valence-electron chi connectivity index (χ4n) is 2.91. The van der Waals surface area contributed by atoms with Crippen LogP contribution in [-0.4, -0.2) is 28.4 Å². The Morgan fingerprint density at radius 1 is 1.35 bits per heavy atom. The minimum absolute atomic E-state index is 0.171. The fourth-order valence-corrected chi connectivity index (χ4v) is 2.91. The Balaban J connectivity index is 1.86. The monoisotopic (exact) mass is 317 g/mol. The zero-order valence-electron chi connectivity index (χ0n) is 12.6. The molecule has 120 valence electrons. The number of fused-ring (bicyclic) bond motifs is 1. The van der Waals surface area contributed by atoms with Gasteiger partial charge in [-0.25, -0.2) is 4.39 Å². The molecule has 0 unspecified atom stereocenters. The van der Waals surface area contributed by atoms with Crippen LogP contribution in [0.5, 0.6) is 0 Å². The molecule has 1 amide bonds. The molecule has 6 heteroatoms. The summed E-state index contributed by atoms with van der Waals surface area (Å²) in [5.41, 5.74) is 2.75. The molecule has 0 spiro atoms. The van der Waals surface area contributed by atoms with Crippen molar-refractivity contribution in [3.63, 3.8) is 0 Å². The van der Waals surface area contributed by atoms with Crippen LogP contribution in [-0.2, 0) is 24.2 Å². The summed E-state index contributed by atoms with van der Waals surface area (Å²) in [5.74, 6) is -1.40. The molecule has 1 aliphatic heterocycles. The lowest BCUT2D eigenvalue weighted by molar-refractivity contribution is -0.136. The Labute approximate surface area is 132 Å². The second kappa shape index (κ2) is 5.87. The van der Waals surface area contributed by atoms with E-state index in [9.17, 15) is 14.0 Å². The molecular weight excluding hydrogens is 301 g/mol. The first-order valence-electron chi connectivity index (χ1n) is 7.31. The Bertz CT molecular complexity index is 781. The van der Waals surface area contributed by atoms with E-state index in [4.69, 9.17) is 9.52 Å². The molecule has 0 saturated carbocycles. The minimum Gasteiger partial charge on any atom is -0.481 e. The molecule has 1 aromatic carbocycles. The van der Waals surface area contributed by atoms with Crippen molar-refractivity contribution in [2.24, 2.45) is 0 Å². The van der Waals surface area contributed by atoms with E-state index in [0.717, 1.165) is 11.1 Å². The van der Waals surface area contributed by atoms with Crippen molar-refractivity contribution in [2.75, 3.05) is 6.54 Å². The number of aryl methyl sites for hydroxylation is 1. The minimum atomic E-state index is -1.05. The molecule has 1 aromatic heterocycles. The van der Waals surface area contributed by atoms with Gasteiger partial charge < -0.3 is 14.4 Å². The number of hydrogen-bond acceptors (Lipinski definition) is 3. The van der Waals surface area contributed by atoms with Gasteiger partial charge >= 0.3 is 5.97 Å². The Kier molecular flexibility index (Phi) is 3.90. The topological polar surface area (TPSA) is 70.7 Å². The molecule has 0 bridgehead atoms. The number of benzene rings is 1. The number of hydrogen-bond donors (Lipinski definition) is 1. The summed E-state index contributed by atoms with van der Waals surface area (Å²) < 4.78 is 18.5. The van der Waals surface area contributed by atoms with Crippen LogP contribution in [0.25, 0.3) is 0 Å². The number of nitrogens with zero attached hydrogens (tertiary/aromatic N) is 1. The normalized spacial score (nSPS) is 13.7. The van der Waals surface area contributed by atoms with Crippen molar-refractivity contribution in [2.45, 2.75) is 26.3 Å². The first-order chi connectivity index (χ1) is 11.0. The number of aliphatic carboxylic acids is 1. The van der Waals surface area contributed by atoms with Gasteiger partial charge in [0.25, 0.3) is 5.91 Å². The van der Waals surface area contributed by atoms with Crippen molar-refractivity contribution in [3.05, 3.63) is 58.3 Å². The molecule has 5 nitrogen and oxygen atoms in total. The molecule has 0 saturated heterocycles. The van der Waals surface area contributed by atoms with Crippen molar-refractivity contribution in [3.8, 4) is 0 Å². The zero-order chi connectivity index (χ0) is 16.6. The summed E-state index contributed by atoms with van der Waals surface area (Å²) in [6.45, 7) is 2.56. The summed E-state index contributed by atoms with van der Waals surface area (Å²) in [7, 11) is 0. The number of rotatable bonds is 3. The van der Waals surface area contributed by atoms with Crippen LogP contribution in [0.1, 0.15) is 32.8 Å². The van der Waals surface area contributed by atoms with Gasteiger partial charge in [0.05, 0.1) is 11.8 Å². The van der Waals surface area contributed by atoms with Gasteiger partial charge in [-0.3, -0.25) is 9.59 Å². The number of carbonyl (C=O) groups is 2. The van der Waals surface area contributed by atoms with Crippen LogP contribution >= 0.6 is 0 Å². The van der Waals surface area contributed by atoms with E-state index >= 15 is 0 Å². The van der Waals surface area contributed by atoms with Gasteiger partial charge in [-0.05, 0) is 36.6 Å². The van der Waals surface area contributed by atoms with E-state index in [1.807, 2.05) is 0 Å². The highest BCUT2D eigenvalue weighted by Gasteiger charge is 2.27. The highest BCUT2D eigenvalue weighted by molar-refractivity contribution is 5.97. The number of halogens is 1. The Hall–Kier alpha value is -2.63. The molecule has 0 aliphatic carbocycles. The van der Waals surface area contributed by atoms with E-state index in [0.29, 0.717) is 30.6 Å². The third kappa shape index (κ3) is 2.97. The number of carboxylic acids is 1. The summed E-state index contributed by atoms with van der Waals surface area (Å²) in [4.78, 5) is 25.3.